The van der Waals surface area contributed by atoms with Crippen LogP contribution in [-0.4, -0.2) is 49.1 Å². The number of para-hydroxylation sites is 1. The SMILES string of the molecule is CCCC1CC(C(=O)N2CCN(c3ccccc3F)CC2)NN1. The Bertz CT molecular complexity index is 545. The van der Waals surface area contributed by atoms with Gasteiger partial charge >= 0.3 is 0 Å². The molecule has 2 atom stereocenters. The van der Waals surface area contributed by atoms with Crippen molar-refractivity contribution in [1.29, 1.82) is 0 Å². The summed E-state index contributed by atoms with van der Waals surface area (Å²) in [4.78, 5) is 16.5. The van der Waals surface area contributed by atoms with Crippen molar-refractivity contribution in [2.24, 2.45) is 0 Å². The summed E-state index contributed by atoms with van der Waals surface area (Å²) in [5, 5.41) is 0. The molecule has 126 valence electrons. The van der Waals surface area contributed by atoms with Crippen molar-refractivity contribution >= 4 is 11.6 Å². The van der Waals surface area contributed by atoms with Crippen LogP contribution in [0.2, 0.25) is 0 Å². The topological polar surface area (TPSA) is 47.6 Å². The van der Waals surface area contributed by atoms with Crippen LogP contribution in [0.3, 0.4) is 0 Å². The summed E-state index contributed by atoms with van der Waals surface area (Å²) in [7, 11) is 0. The van der Waals surface area contributed by atoms with Gasteiger partial charge in [-0.25, -0.2) is 9.82 Å². The predicted molar refractivity (Wildman–Crippen MR) is 88.6 cm³/mol. The highest BCUT2D eigenvalue weighted by Gasteiger charge is 2.33. The molecule has 2 unspecified atom stereocenters. The average molecular weight is 320 g/mol. The molecule has 2 aliphatic heterocycles. The van der Waals surface area contributed by atoms with Gasteiger partial charge in [-0.2, -0.15) is 0 Å². The molecule has 5 nitrogen and oxygen atoms in total. The maximum Gasteiger partial charge on any atom is 0.241 e. The van der Waals surface area contributed by atoms with Gasteiger partial charge in [-0.05, 0) is 25.0 Å². The molecule has 1 aromatic carbocycles. The molecule has 2 aliphatic rings. The smallest absolute Gasteiger partial charge is 0.241 e. The second-order valence-corrected chi connectivity index (χ2v) is 6.33. The van der Waals surface area contributed by atoms with Crippen molar-refractivity contribution in [2.75, 3.05) is 31.1 Å². The Labute approximate surface area is 136 Å². The number of amides is 1. The Balaban J connectivity index is 1.53. The van der Waals surface area contributed by atoms with Crippen LogP contribution < -0.4 is 15.8 Å². The van der Waals surface area contributed by atoms with Crippen molar-refractivity contribution in [3.05, 3.63) is 30.1 Å². The van der Waals surface area contributed by atoms with Gasteiger partial charge in [0.1, 0.15) is 11.9 Å². The highest BCUT2D eigenvalue weighted by molar-refractivity contribution is 5.82. The Kier molecular flexibility index (Phi) is 5.13. The van der Waals surface area contributed by atoms with E-state index in [4.69, 9.17) is 0 Å². The van der Waals surface area contributed by atoms with Crippen molar-refractivity contribution in [3.8, 4) is 0 Å². The summed E-state index contributed by atoms with van der Waals surface area (Å²) >= 11 is 0. The van der Waals surface area contributed by atoms with Crippen molar-refractivity contribution in [2.45, 2.75) is 38.3 Å². The van der Waals surface area contributed by atoms with Crippen molar-refractivity contribution in [3.63, 3.8) is 0 Å². The van der Waals surface area contributed by atoms with Gasteiger partial charge in [0.2, 0.25) is 5.91 Å². The van der Waals surface area contributed by atoms with Crippen LogP contribution in [0.4, 0.5) is 10.1 Å². The number of carbonyl (C=O) groups is 1. The van der Waals surface area contributed by atoms with Crippen LogP contribution in [0.15, 0.2) is 24.3 Å². The maximum atomic E-state index is 13.9. The first-order valence-electron chi connectivity index (χ1n) is 8.48. The van der Waals surface area contributed by atoms with Gasteiger partial charge in [0.15, 0.2) is 0 Å². The van der Waals surface area contributed by atoms with Crippen LogP contribution in [-0.2, 0) is 4.79 Å². The van der Waals surface area contributed by atoms with E-state index < -0.39 is 0 Å². The minimum Gasteiger partial charge on any atom is -0.366 e. The zero-order valence-electron chi connectivity index (χ0n) is 13.6. The molecule has 0 spiro atoms. The third-order valence-corrected chi connectivity index (χ3v) is 4.70. The highest BCUT2D eigenvalue weighted by atomic mass is 19.1. The summed E-state index contributed by atoms with van der Waals surface area (Å²) in [5.74, 6) is -0.0411. The fraction of sp³-hybridized carbons (Fsp3) is 0.588. The van der Waals surface area contributed by atoms with E-state index in [1.807, 2.05) is 15.9 Å². The van der Waals surface area contributed by atoms with Gasteiger partial charge in [0.25, 0.3) is 0 Å². The van der Waals surface area contributed by atoms with E-state index in [2.05, 4.69) is 17.8 Å². The van der Waals surface area contributed by atoms with Crippen LogP contribution in [0, 0.1) is 5.82 Å². The monoisotopic (exact) mass is 320 g/mol. The number of hydrogen-bond acceptors (Lipinski definition) is 4. The second kappa shape index (κ2) is 7.27. The third kappa shape index (κ3) is 3.64. The van der Waals surface area contributed by atoms with E-state index in [0.29, 0.717) is 37.9 Å². The third-order valence-electron chi connectivity index (χ3n) is 4.70. The molecule has 0 aromatic heterocycles. The number of carbonyl (C=O) groups excluding carboxylic acids is 1. The summed E-state index contributed by atoms with van der Waals surface area (Å²) in [6.07, 6.45) is 3.04. The Hall–Kier alpha value is -1.66. The van der Waals surface area contributed by atoms with E-state index in [1.165, 1.54) is 6.07 Å². The normalized spacial score (nSPS) is 25.0. The molecular formula is C17H25FN4O. The molecule has 1 amide bonds. The van der Waals surface area contributed by atoms with Gasteiger partial charge in [0.05, 0.1) is 5.69 Å². The first-order chi connectivity index (χ1) is 11.2. The number of piperazine rings is 1. The standard InChI is InChI=1S/C17H25FN4O/c1-2-5-13-12-15(20-19-13)17(23)22-10-8-21(9-11-22)16-7-4-3-6-14(16)18/h3-4,6-7,13,15,19-20H,2,5,8-12H2,1H3. The summed E-state index contributed by atoms with van der Waals surface area (Å²) in [5.41, 5.74) is 6.97. The zero-order valence-corrected chi connectivity index (χ0v) is 13.6. The number of nitrogens with one attached hydrogen (secondary N) is 2. The Morgan fingerprint density at radius 1 is 1.22 bits per heavy atom. The lowest BCUT2D eigenvalue weighted by molar-refractivity contribution is -0.133. The molecule has 0 radical (unpaired) electrons. The number of hydrazine groups is 1. The lowest BCUT2D eigenvalue weighted by atomic mass is 10.0. The molecule has 0 saturated carbocycles. The molecule has 0 bridgehead atoms. The molecular weight excluding hydrogens is 295 g/mol. The Morgan fingerprint density at radius 2 is 1.96 bits per heavy atom. The van der Waals surface area contributed by atoms with Gasteiger partial charge in [-0.3, -0.25) is 10.2 Å². The van der Waals surface area contributed by atoms with E-state index >= 15 is 0 Å². The molecule has 2 saturated heterocycles. The number of anilines is 1. The molecule has 23 heavy (non-hydrogen) atoms. The fourth-order valence-electron chi connectivity index (χ4n) is 3.42. The molecule has 2 fully saturated rings. The number of nitrogens with zero attached hydrogens (tertiary/aromatic N) is 2. The zero-order chi connectivity index (χ0) is 16.2. The molecule has 0 aliphatic carbocycles. The molecule has 3 rings (SSSR count). The van der Waals surface area contributed by atoms with Gasteiger partial charge in [0, 0.05) is 32.2 Å². The molecule has 2 N–H and O–H groups in total. The van der Waals surface area contributed by atoms with E-state index in [0.717, 1.165) is 19.3 Å². The van der Waals surface area contributed by atoms with Crippen LogP contribution in [0.1, 0.15) is 26.2 Å². The summed E-state index contributed by atoms with van der Waals surface area (Å²) < 4.78 is 13.9. The fourth-order valence-corrected chi connectivity index (χ4v) is 3.42. The predicted octanol–water partition coefficient (Wildman–Crippen LogP) is 1.51. The number of rotatable bonds is 4. The minimum absolute atomic E-state index is 0.133. The highest BCUT2D eigenvalue weighted by Crippen LogP contribution is 2.21. The first-order valence-corrected chi connectivity index (χ1v) is 8.48. The van der Waals surface area contributed by atoms with Gasteiger partial charge < -0.3 is 9.80 Å². The number of hydrogen-bond donors (Lipinski definition) is 2. The average Bonchev–Trinajstić information content (AvgIpc) is 3.04. The van der Waals surface area contributed by atoms with E-state index in [9.17, 15) is 9.18 Å². The first kappa shape index (κ1) is 16.2. The van der Waals surface area contributed by atoms with Crippen molar-refractivity contribution < 1.29 is 9.18 Å². The van der Waals surface area contributed by atoms with Crippen LogP contribution in [0.25, 0.3) is 0 Å². The number of benzene rings is 1. The quantitative estimate of drug-likeness (QED) is 0.883. The molecule has 2 heterocycles. The largest absolute Gasteiger partial charge is 0.366 e. The maximum absolute atomic E-state index is 13.9. The second-order valence-electron chi connectivity index (χ2n) is 6.33. The van der Waals surface area contributed by atoms with Gasteiger partial charge in [-0.15, -0.1) is 0 Å². The Morgan fingerprint density at radius 3 is 2.65 bits per heavy atom. The molecule has 6 heteroatoms. The van der Waals surface area contributed by atoms with E-state index in [1.54, 1.807) is 12.1 Å². The minimum atomic E-state index is -0.198. The van der Waals surface area contributed by atoms with Gasteiger partial charge in [-0.1, -0.05) is 25.5 Å². The van der Waals surface area contributed by atoms with Crippen LogP contribution >= 0.6 is 0 Å². The lowest BCUT2D eigenvalue weighted by Gasteiger charge is -2.37. The summed E-state index contributed by atoms with van der Waals surface area (Å²) in [6, 6.07) is 7.07. The summed E-state index contributed by atoms with van der Waals surface area (Å²) in [6.45, 7) is 4.78. The van der Waals surface area contributed by atoms with Crippen molar-refractivity contribution in [1.82, 2.24) is 15.8 Å². The van der Waals surface area contributed by atoms with Crippen LogP contribution in [0.5, 0.6) is 0 Å². The lowest BCUT2D eigenvalue weighted by Crippen LogP contribution is -2.53. The molecule has 1 aromatic rings. The van der Waals surface area contributed by atoms with E-state index in [-0.39, 0.29) is 17.8 Å². The number of halogens is 1.